The van der Waals surface area contributed by atoms with Crippen molar-refractivity contribution in [1.82, 2.24) is 4.90 Å². The molecule has 1 aromatic rings. The zero-order valence-corrected chi connectivity index (χ0v) is 10.9. The van der Waals surface area contributed by atoms with E-state index in [-0.39, 0.29) is 5.82 Å². The Morgan fingerprint density at radius 1 is 1.26 bits per heavy atom. The topological polar surface area (TPSA) is 36.3 Å². The molecule has 3 nitrogen and oxygen atoms in total. The van der Waals surface area contributed by atoms with Crippen molar-refractivity contribution in [1.29, 1.82) is 5.26 Å². The molecule has 100 valence electrons. The third kappa shape index (κ3) is 1.98. The number of likely N-dealkylation sites (tertiary alicyclic amines) is 1. The summed E-state index contributed by atoms with van der Waals surface area (Å²) in [6.07, 6.45) is 3.82. The molecule has 1 fully saturated rings. The van der Waals surface area contributed by atoms with Crippen molar-refractivity contribution in [3.8, 4) is 11.8 Å². The Morgan fingerprint density at radius 2 is 2.05 bits per heavy atom. The molecule has 4 heteroatoms. The molecule has 1 saturated heterocycles. The van der Waals surface area contributed by atoms with Crippen molar-refractivity contribution in [2.24, 2.45) is 0 Å². The van der Waals surface area contributed by atoms with Gasteiger partial charge in [-0.05, 0) is 37.8 Å². The molecule has 0 saturated carbocycles. The summed E-state index contributed by atoms with van der Waals surface area (Å²) >= 11 is 0. The number of benzene rings is 1. The molecule has 1 aromatic carbocycles. The maximum atomic E-state index is 13.4. The van der Waals surface area contributed by atoms with Gasteiger partial charge in [-0.25, -0.2) is 4.39 Å². The van der Waals surface area contributed by atoms with E-state index in [0.717, 1.165) is 44.3 Å². The highest BCUT2D eigenvalue weighted by Gasteiger charge is 2.43. The lowest BCUT2D eigenvalue weighted by molar-refractivity contribution is 0.162. The van der Waals surface area contributed by atoms with E-state index in [4.69, 9.17) is 4.74 Å². The highest BCUT2D eigenvalue weighted by atomic mass is 19.1. The SMILES string of the molecule is N#CC1(N2CCCC2)CCCOc2cc(F)ccc21. The number of nitriles is 1. The summed E-state index contributed by atoms with van der Waals surface area (Å²) in [6.45, 7) is 2.42. The second kappa shape index (κ2) is 4.82. The molecule has 1 atom stereocenters. The summed E-state index contributed by atoms with van der Waals surface area (Å²) in [5.74, 6) is 0.222. The number of fused-ring (bicyclic) bond motifs is 1. The predicted octanol–water partition coefficient (Wildman–Crippen LogP) is 2.81. The summed E-state index contributed by atoms with van der Waals surface area (Å²) < 4.78 is 19.0. The molecule has 0 amide bonds. The van der Waals surface area contributed by atoms with Gasteiger partial charge in [0.15, 0.2) is 0 Å². The monoisotopic (exact) mass is 260 g/mol. The largest absolute Gasteiger partial charge is 0.493 e. The summed E-state index contributed by atoms with van der Waals surface area (Å²) in [4.78, 5) is 2.23. The first-order chi connectivity index (χ1) is 9.26. The Kier molecular flexibility index (Phi) is 3.16. The van der Waals surface area contributed by atoms with Crippen LogP contribution in [0.1, 0.15) is 31.2 Å². The number of ether oxygens (including phenoxy) is 1. The average Bonchev–Trinajstić information content (AvgIpc) is 2.89. The van der Waals surface area contributed by atoms with Gasteiger partial charge in [0.2, 0.25) is 0 Å². The molecule has 0 aromatic heterocycles. The minimum absolute atomic E-state index is 0.311. The van der Waals surface area contributed by atoms with Crippen LogP contribution in [-0.2, 0) is 5.54 Å². The van der Waals surface area contributed by atoms with Crippen LogP contribution in [0.3, 0.4) is 0 Å². The Hall–Kier alpha value is -1.60. The lowest BCUT2D eigenvalue weighted by Gasteiger charge is -2.35. The lowest BCUT2D eigenvalue weighted by Crippen LogP contribution is -2.43. The summed E-state index contributed by atoms with van der Waals surface area (Å²) in [5, 5.41) is 9.80. The van der Waals surface area contributed by atoms with Crippen LogP contribution in [-0.4, -0.2) is 24.6 Å². The Morgan fingerprint density at radius 3 is 2.79 bits per heavy atom. The first-order valence-corrected chi connectivity index (χ1v) is 6.85. The van der Waals surface area contributed by atoms with Crippen LogP contribution >= 0.6 is 0 Å². The minimum Gasteiger partial charge on any atom is -0.493 e. The third-order valence-corrected chi connectivity index (χ3v) is 4.16. The number of nitrogens with zero attached hydrogens (tertiary/aromatic N) is 2. The molecule has 0 spiro atoms. The predicted molar refractivity (Wildman–Crippen MR) is 69.2 cm³/mol. The molecule has 0 radical (unpaired) electrons. The second-order valence-corrected chi connectivity index (χ2v) is 5.26. The zero-order chi connectivity index (χ0) is 13.3. The molecule has 19 heavy (non-hydrogen) atoms. The molecule has 0 aliphatic carbocycles. The normalized spacial score (nSPS) is 27.2. The van der Waals surface area contributed by atoms with Crippen molar-refractivity contribution in [2.75, 3.05) is 19.7 Å². The van der Waals surface area contributed by atoms with Crippen LogP contribution in [0.15, 0.2) is 18.2 Å². The number of hydrogen-bond acceptors (Lipinski definition) is 3. The smallest absolute Gasteiger partial charge is 0.138 e. The highest BCUT2D eigenvalue weighted by molar-refractivity contribution is 5.44. The Balaban J connectivity index is 2.12. The van der Waals surface area contributed by atoms with Crippen molar-refractivity contribution >= 4 is 0 Å². The first kappa shape index (κ1) is 12.4. The molecule has 0 N–H and O–H groups in total. The first-order valence-electron chi connectivity index (χ1n) is 6.85. The van der Waals surface area contributed by atoms with Gasteiger partial charge in [0, 0.05) is 24.7 Å². The van der Waals surface area contributed by atoms with Gasteiger partial charge >= 0.3 is 0 Å². The van der Waals surface area contributed by atoms with Crippen LogP contribution in [0.25, 0.3) is 0 Å². The van der Waals surface area contributed by atoms with Gasteiger partial charge in [0.1, 0.15) is 17.1 Å². The number of rotatable bonds is 1. The molecule has 2 heterocycles. The van der Waals surface area contributed by atoms with Gasteiger partial charge < -0.3 is 4.74 Å². The Labute approximate surface area is 112 Å². The summed E-state index contributed by atoms with van der Waals surface area (Å²) in [5.41, 5.74) is 0.187. The van der Waals surface area contributed by atoms with Gasteiger partial charge in [-0.3, -0.25) is 4.90 Å². The van der Waals surface area contributed by atoms with Crippen molar-refractivity contribution in [3.05, 3.63) is 29.6 Å². The van der Waals surface area contributed by atoms with Crippen LogP contribution in [0.4, 0.5) is 4.39 Å². The highest BCUT2D eigenvalue weighted by Crippen LogP contribution is 2.42. The van der Waals surface area contributed by atoms with E-state index in [1.165, 1.54) is 12.1 Å². The van der Waals surface area contributed by atoms with Crippen LogP contribution in [0.5, 0.6) is 5.75 Å². The molecular weight excluding hydrogens is 243 g/mol. The summed E-state index contributed by atoms with van der Waals surface area (Å²) in [7, 11) is 0. The maximum Gasteiger partial charge on any atom is 0.138 e. The molecule has 3 rings (SSSR count). The van der Waals surface area contributed by atoms with E-state index in [0.29, 0.717) is 12.4 Å². The fraction of sp³-hybridized carbons (Fsp3) is 0.533. The van der Waals surface area contributed by atoms with Gasteiger partial charge in [-0.15, -0.1) is 0 Å². The van der Waals surface area contributed by atoms with E-state index in [2.05, 4.69) is 11.0 Å². The van der Waals surface area contributed by atoms with Crippen LogP contribution in [0, 0.1) is 17.1 Å². The number of halogens is 1. The fourth-order valence-corrected chi connectivity index (χ4v) is 3.22. The third-order valence-electron chi connectivity index (χ3n) is 4.16. The van der Waals surface area contributed by atoms with Crippen LogP contribution < -0.4 is 4.74 Å². The van der Waals surface area contributed by atoms with E-state index in [1.807, 2.05) is 0 Å². The Bertz CT molecular complexity index is 519. The molecule has 1 unspecified atom stereocenters. The van der Waals surface area contributed by atoms with Gasteiger partial charge in [0.05, 0.1) is 12.7 Å². The minimum atomic E-state index is -0.643. The molecular formula is C15H17FN2O. The van der Waals surface area contributed by atoms with E-state index in [1.54, 1.807) is 6.07 Å². The second-order valence-electron chi connectivity index (χ2n) is 5.26. The maximum absolute atomic E-state index is 13.4. The van der Waals surface area contributed by atoms with E-state index >= 15 is 0 Å². The van der Waals surface area contributed by atoms with Crippen molar-refractivity contribution in [3.63, 3.8) is 0 Å². The van der Waals surface area contributed by atoms with E-state index in [9.17, 15) is 9.65 Å². The molecule has 0 bridgehead atoms. The lowest BCUT2D eigenvalue weighted by atomic mass is 9.85. The average molecular weight is 260 g/mol. The van der Waals surface area contributed by atoms with E-state index < -0.39 is 5.54 Å². The quantitative estimate of drug-likeness (QED) is 0.779. The summed E-state index contributed by atoms with van der Waals surface area (Å²) in [6, 6.07) is 7.05. The van der Waals surface area contributed by atoms with Crippen molar-refractivity contribution < 1.29 is 9.13 Å². The van der Waals surface area contributed by atoms with Gasteiger partial charge in [-0.2, -0.15) is 5.26 Å². The zero-order valence-electron chi connectivity index (χ0n) is 10.9. The number of hydrogen-bond donors (Lipinski definition) is 0. The van der Waals surface area contributed by atoms with Gasteiger partial charge in [-0.1, -0.05) is 0 Å². The van der Waals surface area contributed by atoms with Crippen molar-refractivity contribution in [2.45, 2.75) is 31.2 Å². The molecule has 2 aliphatic rings. The van der Waals surface area contributed by atoms with Crippen LogP contribution in [0.2, 0.25) is 0 Å². The van der Waals surface area contributed by atoms with Gasteiger partial charge in [0.25, 0.3) is 0 Å². The fourth-order valence-electron chi connectivity index (χ4n) is 3.22. The molecule has 2 aliphatic heterocycles. The standard InChI is InChI=1S/C15H17FN2O/c16-12-4-5-13-14(10-12)19-9-3-6-15(13,11-17)18-7-1-2-8-18/h4-5,10H,1-3,6-9H2.